The van der Waals surface area contributed by atoms with Crippen molar-refractivity contribution >= 4 is 5.91 Å². The third-order valence-electron chi connectivity index (χ3n) is 5.64. The van der Waals surface area contributed by atoms with Gasteiger partial charge in [0.05, 0.1) is 12.1 Å². The van der Waals surface area contributed by atoms with Crippen LogP contribution in [-0.4, -0.2) is 52.7 Å². The maximum atomic E-state index is 13.1. The Morgan fingerprint density at radius 1 is 1.14 bits per heavy atom. The van der Waals surface area contributed by atoms with Crippen LogP contribution >= 0.6 is 0 Å². The van der Waals surface area contributed by atoms with Crippen LogP contribution in [0.15, 0.2) is 30.3 Å². The van der Waals surface area contributed by atoms with E-state index >= 15 is 0 Å². The normalized spacial score (nSPS) is 21.9. The van der Waals surface area contributed by atoms with E-state index in [4.69, 9.17) is 5.73 Å². The summed E-state index contributed by atoms with van der Waals surface area (Å²) in [4.78, 5) is 15.2. The van der Waals surface area contributed by atoms with Gasteiger partial charge in [0, 0.05) is 18.1 Å². The fraction of sp³-hybridized carbons (Fsp3) is 0.708. The highest BCUT2D eigenvalue weighted by molar-refractivity contribution is 5.82. The molecule has 1 saturated heterocycles. The second-order valence-electron chi connectivity index (χ2n) is 9.58. The Labute approximate surface area is 177 Å². The summed E-state index contributed by atoms with van der Waals surface area (Å²) in [7, 11) is 0. The van der Waals surface area contributed by atoms with Crippen LogP contribution in [0, 0.1) is 0 Å². The highest BCUT2D eigenvalue weighted by Gasteiger charge is 2.30. The molecule has 4 N–H and O–H groups in total. The molecule has 0 aliphatic carbocycles. The van der Waals surface area contributed by atoms with Crippen molar-refractivity contribution in [2.24, 2.45) is 5.73 Å². The first kappa shape index (κ1) is 23.8. The van der Waals surface area contributed by atoms with E-state index in [2.05, 4.69) is 10.2 Å². The lowest BCUT2D eigenvalue weighted by atomic mass is 9.97. The third kappa shape index (κ3) is 8.85. The number of amides is 1. The van der Waals surface area contributed by atoms with Crippen LogP contribution in [0.5, 0.6) is 0 Å². The van der Waals surface area contributed by atoms with Gasteiger partial charge in [-0.3, -0.25) is 9.69 Å². The van der Waals surface area contributed by atoms with Crippen LogP contribution in [0.4, 0.5) is 0 Å². The molecule has 1 amide bonds. The molecule has 0 saturated carbocycles. The summed E-state index contributed by atoms with van der Waals surface area (Å²) in [5, 5.41) is 14.0. The monoisotopic (exact) mass is 403 g/mol. The van der Waals surface area contributed by atoms with E-state index in [1.54, 1.807) is 0 Å². The lowest BCUT2D eigenvalue weighted by Crippen LogP contribution is -2.55. The Morgan fingerprint density at radius 3 is 2.41 bits per heavy atom. The first-order valence-corrected chi connectivity index (χ1v) is 11.3. The number of β-amino-alcohol motifs (C(OH)–C–C–N with tert-alkyl or cyclic N) is 1. The van der Waals surface area contributed by atoms with E-state index in [0.717, 1.165) is 31.4 Å². The molecule has 2 rings (SSSR count). The molecule has 3 atom stereocenters. The lowest BCUT2D eigenvalue weighted by Gasteiger charge is -2.36. The Balaban J connectivity index is 2.07. The molecule has 0 bridgehead atoms. The van der Waals surface area contributed by atoms with E-state index in [9.17, 15) is 9.90 Å². The highest BCUT2D eigenvalue weighted by atomic mass is 16.3. The zero-order valence-corrected chi connectivity index (χ0v) is 18.6. The Hall–Kier alpha value is -1.43. The molecule has 5 nitrogen and oxygen atoms in total. The summed E-state index contributed by atoms with van der Waals surface area (Å²) in [5.74, 6) is 0.0712. The van der Waals surface area contributed by atoms with E-state index in [0.29, 0.717) is 13.0 Å². The van der Waals surface area contributed by atoms with Crippen molar-refractivity contribution in [2.75, 3.05) is 13.1 Å². The van der Waals surface area contributed by atoms with Gasteiger partial charge in [-0.1, -0.05) is 62.4 Å². The molecule has 1 aliphatic heterocycles. The molecule has 0 aromatic heterocycles. The third-order valence-corrected chi connectivity index (χ3v) is 5.64. The first-order valence-electron chi connectivity index (χ1n) is 11.3. The van der Waals surface area contributed by atoms with E-state index in [1.807, 2.05) is 51.1 Å². The number of carbonyl (C=O) groups excluding carboxylic acids is 1. The van der Waals surface area contributed by atoms with Crippen molar-refractivity contribution in [1.29, 1.82) is 0 Å². The average Bonchev–Trinajstić information content (AvgIpc) is 2.65. The summed E-state index contributed by atoms with van der Waals surface area (Å²) in [5.41, 5.74) is 7.20. The van der Waals surface area contributed by atoms with E-state index in [-0.39, 0.29) is 23.5 Å². The SMILES string of the molecule is CC(C)(C)NC(=O)[C@@H]1CCCCCCCCN1C[C@@H](O)[C@@H](N)Cc1ccccc1. The van der Waals surface area contributed by atoms with Gasteiger partial charge < -0.3 is 16.2 Å². The molecular weight excluding hydrogens is 362 g/mol. The Bertz CT molecular complexity index is 600. The quantitative estimate of drug-likeness (QED) is 0.681. The minimum absolute atomic E-state index is 0.0712. The van der Waals surface area contributed by atoms with Gasteiger partial charge in [0.1, 0.15) is 0 Å². The van der Waals surface area contributed by atoms with Crippen molar-refractivity contribution in [3.63, 3.8) is 0 Å². The van der Waals surface area contributed by atoms with Crippen LogP contribution in [0.2, 0.25) is 0 Å². The van der Waals surface area contributed by atoms with Gasteiger partial charge in [-0.2, -0.15) is 0 Å². The molecule has 5 heteroatoms. The maximum Gasteiger partial charge on any atom is 0.237 e. The van der Waals surface area contributed by atoms with Crippen LogP contribution in [0.3, 0.4) is 0 Å². The van der Waals surface area contributed by atoms with Crippen molar-refractivity contribution in [1.82, 2.24) is 10.2 Å². The molecule has 1 aromatic rings. The summed E-state index contributed by atoms with van der Waals surface area (Å²) in [6, 6.07) is 9.49. The standard InChI is InChI=1S/C24H41N3O2/c1-24(2,3)26-23(29)21-15-11-6-4-5-7-12-16-27(21)18-22(28)20(25)17-19-13-9-8-10-14-19/h8-10,13-14,20-22,28H,4-7,11-12,15-18,25H2,1-3H3,(H,26,29)/t20-,21-,22+/m0/s1. The average molecular weight is 404 g/mol. The smallest absolute Gasteiger partial charge is 0.237 e. The van der Waals surface area contributed by atoms with Gasteiger partial charge in [-0.25, -0.2) is 0 Å². The summed E-state index contributed by atoms with van der Waals surface area (Å²) in [6.45, 7) is 7.31. The molecule has 1 heterocycles. The number of hydrogen-bond acceptors (Lipinski definition) is 4. The van der Waals surface area contributed by atoms with Crippen molar-refractivity contribution in [2.45, 2.75) is 95.9 Å². The molecule has 1 fully saturated rings. The molecule has 1 aliphatic rings. The molecule has 164 valence electrons. The number of hydrogen-bond donors (Lipinski definition) is 3. The first-order chi connectivity index (χ1) is 13.8. The second kappa shape index (κ2) is 11.7. The second-order valence-corrected chi connectivity index (χ2v) is 9.58. The zero-order chi connectivity index (χ0) is 21.3. The zero-order valence-electron chi connectivity index (χ0n) is 18.6. The number of nitrogens with two attached hydrogens (primary N) is 1. The van der Waals surface area contributed by atoms with Crippen LogP contribution < -0.4 is 11.1 Å². The number of rotatable bonds is 6. The van der Waals surface area contributed by atoms with Gasteiger partial charge in [-0.15, -0.1) is 0 Å². The number of carbonyl (C=O) groups is 1. The molecule has 29 heavy (non-hydrogen) atoms. The Kier molecular flexibility index (Phi) is 9.60. The van der Waals surface area contributed by atoms with E-state index < -0.39 is 6.10 Å². The van der Waals surface area contributed by atoms with Gasteiger partial charge in [-0.05, 0) is 52.1 Å². The van der Waals surface area contributed by atoms with Gasteiger partial charge in [0.15, 0.2) is 0 Å². The summed E-state index contributed by atoms with van der Waals surface area (Å²) >= 11 is 0. The fourth-order valence-corrected chi connectivity index (χ4v) is 4.06. The number of aliphatic hydroxyl groups is 1. The summed E-state index contributed by atoms with van der Waals surface area (Å²) < 4.78 is 0. The van der Waals surface area contributed by atoms with Crippen LogP contribution in [-0.2, 0) is 11.2 Å². The van der Waals surface area contributed by atoms with Crippen molar-refractivity contribution < 1.29 is 9.90 Å². The van der Waals surface area contributed by atoms with Gasteiger partial charge >= 0.3 is 0 Å². The van der Waals surface area contributed by atoms with Crippen molar-refractivity contribution in [3.8, 4) is 0 Å². The maximum absolute atomic E-state index is 13.1. The molecule has 0 spiro atoms. The number of aliphatic hydroxyl groups excluding tert-OH is 1. The topological polar surface area (TPSA) is 78.6 Å². The van der Waals surface area contributed by atoms with Gasteiger partial charge in [0.25, 0.3) is 0 Å². The minimum atomic E-state index is -0.664. The summed E-state index contributed by atoms with van der Waals surface area (Å²) in [6.07, 6.45) is 7.76. The molecule has 1 aromatic carbocycles. The minimum Gasteiger partial charge on any atom is -0.390 e. The predicted octanol–water partition coefficient (Wildman–Crippen LogP) is 3.25. The fourth-order valence-electron chi connectivity index (χ4n) is 4.06. The molecule has 0 radical (unpaired) electrons. The Morgan fingerprint density at radius 2 is 1.76 bits per heavy atom. The number of nitrogens with zero attached hydrogens (tertiary/aromatic N) is 1. The van der Waals surface area contributed by atoms with Crippen molar-refractivity contribution in [3.05, 3.63) is 35.9 Å². The number of nitrogens with one attached hydrogen (secondary N) is 1. The van der Waals surface area contributed by atoms with Crippen LogP contribution in [0.1, 0.15) is 71.3 Å². The predicted molar refractivity (Wildman–Crippen MR) is 120 cm³/mol. The van der Waals surface area contributed by atoms with Gasteiger partial charge in [0.2, 0.25) is 5.91 Å². The highest BCUT2D eigenvalue weighted by Crippen LogP contribution is 2.19. The lowest BCUT2D eigenvalue weighted by molar-refractivity contribution is -0.129. The molecular formula is C24H41N3O2. The molecule has 0 unspecified atom stereocenters. The van der Waals surface area contributed by atoms with Crippen LogP contribution in [0.25, 0.3) is 0 Å². The number of benzene rings is 1. The largest absolute Gasteiger partial charge is 0.390 e. The van der Waals surface area contributed by atoms with E-state index in [1.165, 1.54) is 25.7 Å².